The summed E-state index contributed by atoms with van der Waals surface area (Å²) in [6, 6.07) is 0. The normalized spacial score (nSPS) is 6.00. The van der Waals surface area contributed by atoms with Gasteiger partial charge in [0, 0.05) is 0 Å². The number of hydrogen-bond acceptors (Lipinski definition) is 2. The van der Waals surface area contributed by atoms with E-state index in [1.807, 2.05) is 28.5 Å². The topological polar surface area (TPSA) is 18.5 Å². The van der Waals surface area contributed by atoms with Crippen molar-refractivity contribution in [3.63, 3.8) is 0 Å². The molecule has 0 aliphatic rings. The maximum atomic E-state index is 4.59. The van der Waals surface area contributed by atoms with Crippen molar-refractivity contribution in [3.8, 4) is 12.5 Å². The molecule has 0 aliphatic carbocycles. The summed E-state index contributed by atoms with van der Waals surface area (Å²) in [5.41, 5.74) is 0. The molecule has 1 radical (unpaired) electrons. The molecular formula is C2HBIO2. The van der Waals surface area contributed by atoms with Crippen LogP contribution in [0.2, 0.25) is 0 Å². The van der Waals surface area contributed by atoms with Gasteiger partial charge in [0.2, 0.25) is 0 Å². The Balaban J connectivity index is 2.54. The van der Waals surface area contributed by atoms with Gasteiger partial charge in [0.15, 0.2) is 6.11 Å². The first-order chi connectivity index (χ1) is 2.91. The van der Waals surface area contributed by atoms with Crippen LogP contribution in [0.15, 0.2) is 0 Å². The minimum absolute atomic E-state index is 1.32. The van der Waals surface area contributed by atoms with E-state index >= 15 is 0 Å². The molecule has 0 saturated heterocycles. The van der Waals surface area contributed by atoms with Crippen molar-refractivity contribution in [2.45, 2.75) is 0 Å². The Hall–Kier alpha value is 0.115. The zero-order valence-corrected chi connectivity index (χ0v) is 5.01. The molecule has 0 N–H and O–H groups in total. The maximum Gasteiger partial charge on any atom is 0.441 e. The van der Waals surface area contributed by atoms with Gasteiger partial charge in [-0.15, -0.1) is 22.4 Å². The SMILES string of the molecule is C#COO[B]I. The van der Waals surface area contributed by atoms with E-state index < -0.39 is 0 Å². The largest absolute Gasteiger partial charge is 0.441 e. The lowest BCUT2D eigenvalue weighted by Gasteiger charge is -1.84. The Bertz CT molecular complexity index is 59.1. The van der Waals surface area contributed by atoms with Gasteiger partial charge >= 0.3 is 5.34 Å². The summed E-state index contributed by atoms with van der Waals surface area (Å²) < 4.78 is 0. The van der Waals surface area contributed by atoms with Gasteiger partial charge in [0.25, 0.3) is 0 Å². The fourth-order valence-corrected chi connectivity index (χ4v) is 0.150. The van der Waals surface area contributed by atoms with Crippen LogP contribution in [-0.2, 0) is 9.69 Å². The number of terminal acetylenes is 1. The quantitative estimate of drug-likeness (QED) is 0.159. The Labute approximate surface area is 50.3 Å². The molecule has 0 aromatic heterocycles. The Morgan fingerprint density at radius 2 is 2.50 bits per heavy atom. The van der Waals surface area contributed by atoms with Gasteiger partial charge in [0.1, 0.15) is 0 Å². The van der Waals surface area contributed by atoms with E-state index in [2.05, 4.69) is 16.1 Å². The van der Waals surface area contributed by atoms with Crippen LogP contribution in [-0.4, -0.2) is 5.34 Å². The van der Waals surface area contributed by atoms with Crippen molar-refractivity contribution in [3.05, 3.63) is 0 Å². The number of rotatable bonds is 2. The van der Waals surface area contributed by atoms with Gasteiger partial charge in [-0.2, -0.15) is 0 Å². The Morgan fingerprint density at radius 1 is 1.83 bits per heavy atom. The molecule has 31 valence electrons. The summed E-state index contributed by atoms with van der Waals surface area (Å²) in [6.45, 7) is 0. The first-order valence-corrected chi connectivity index (χ1v) is 2.36. The van der Waals surface area contributed by atoms with Gasteiger partial charge < -0.3 is 0 Å². The van der Waals surface area contributed by atoms with E-state index in [9.17, 15) is 0 Å². The highest BCUT2D eigenvalue weighted by Crippen LogP contribution is 1.77. The summed E-state index contributed by atoms with van der Waals surface area (Å²) in [5, 5.41) is 1.32. The molecule has 0 heterocycles. The van der Waals surface area contributed by atoms with Crippen LogP contribution in [0.25, 0.3) is 0 Å². The highest BCUT2D eigenvalue weighted by molar-refractivity contribution is 14.1. The monoisotopic (exact) mass is 195 g/mol. The third-order valence-corrected chi connectivity index (χ3v) is 0.340. The molecule has 0 amide bonds. The van der Waals surface area contributed by atoms with Crippen LogP contribution in [0.4, 0.5) is 0 Å². The summed E-state index contributed by atoms with van der Waals surface area (Å²) in [5.74, 6) is 0. The molecule has 4 heteroatoms. The molecule has 6 heavy (non-hydrogen) atoms. The minimum Gasteiger partial charge on any atom is -0.299 e. The van der Waals surface area contributed by atoms with E-state index in [0.717, 1.165) is 0 Å². The molecule has 0 aromatic rings. The number of hydrogen-bond donors (Lipinski definition) is 0. The average molecular weight is 195 g/mol. The fourth-order valence-electron chi connectivity index (χ4n) is 0.0460. The molecule has 0 atom stereocenters. The van der Waals surface area contributed by atoms with Crippen LogP contribution >= 0.6 is 22.4 Å². The van der Waals surface area contributed by atoms with Crippen LogP contribution < -0.4 is 0 Å². The van der Waals surface area contributed by atoms with E-state index in [0.29, 0.717) is 0 Å². The highest BCUT2D eigenvalue weighted by Gasteiger charge is 1.77. The second-order valence-electron chi connectivity index (χ2n) is 0.386. The molecule has 0 bridgehead atoms. The standard InChI is InChI=1S/C2HBIO2/c1-2-5-6-3-4/h1H. The summed E-state index contributed by atoms with van der Waals surface area (Å²) in [7, 11) is 0. The smallest absolute Gasteiger partial charge is 0.299 e. The fraction of sp³-hybridized carbons (Fsp3) is 0. The second-order valence-corrected chi connectivity index (χ2v) is 0.895. The van der Waals surface area contributed by atoms with Crippen LogP contribution in [0.1, 0.15) is 0 Å². The predicted molar refractivity (Wildman–Crippen MR) is 30.8 cm³/mol. The number of halogens is 1. The lowest BCUT2D eigenvalue weighted by Crippen LogP contribution is -1.84. The summed E-state index contributed by atoms with van der Waals surface area (Å²) >= 11 is 1.84. The zero-order chi connectivity index (χ0) is 4.83. The first kappa shape index (κ1) is 6.11. The third-order valence-electron chi connectivity index (χ3n) is 0.133. The zero-order valence-electron chi connectivity index (χ0n) is 2.85. The van der Waals surface area contributed by atoms with Gasteiger partial charge in [-0.1, -0.05) is 6.42 Å². The molecule has 2 nitrogen and oxygen atoms in total. The van der Waals surface area contributed by atoms with Gasteiger partial charge in [-0.3, -0.25) is 4.89 Å². The summed E-state index contributed by atoms with van der Waals surface area (Å²) in [4.78, 5) is 8.06. The van der Waals surface area contributed by atoms with Gasteiger partial charge in [-0.25, -0.2) is 4.81 Å². The van der Waals surface area contributed by atoms with Gasteiger partial charge in [0.05, 0.1) is 0 Å². The van der Waals surface area contributed by atoms with E-state index in [-0.39, 0.29) is 0 Å². The molecule has 0 unspecified atom stereocenters. The van der Waals surface area contributed by atoms with Crippen molar-refractivity contribution in [2.24, 2.45) is 0 Å². The predicted octanol–water partition coefficient (Wildman–Crippen LogP) is 0.495. The molecule has 0 rings (SSSR count). The van der Waals surface area contributed by atoms with Crippen molar-refractivity contribution < 1.29 is 9.69 Å². The van der Waals surface area contributed by atoms with Crippen LogP contribution in [0.3, 0.4) is 0 Å². The lowest BCUT2D eigenvalue weighted by atomic mass is 10.6. The van der Waals surface area contributed by atoms with E-state index in [1.54, 1.807) is 0 Å². The molecule has 0 spiro atoms. The van der Waals surface area contributed by atoms with Crippen LogP contribution in [0.5, 0.6) is 0 Å². The average Bonchev–Trinajstić information content (AvgIpc) is 1.61. The van der Waals surface area contributed by atoms with Crippen molar-refractivity contribution in [2.75, 3.05) is 0 Å². The molecule has 0 aliphatic heterocycles. The second kappa shape index (κ2) is 5.11. The Morgan fingerprint density at radius 3 is 2.67 bits per heavy atom. The molecule has 0 fully saturated rings. The summed E-state index contributed by atoms with van der Waals surface area (Å²) in [6.07, 6.45) is 6.40. The van der Waals surface area contributed by atoms with E-state index in [1.165, 1.54) is 5.34 Å². The van der Waals surface area contributed by atoms with E-state index in [4.69, 9.17) is 0 Å². The third kappa shape index (κ3) is 4.11. The highest BCUT2D eigenvalue weighted by atomic mass is 127. The van der Waals surface area contributed by atoms with Crippen molar-refractivity contribution >= 4 is 27.7 Å². The first-order valence-electron chi connectivity index (χ1n) is 1.11. The molecule has 0 aromatic carbocycles. The lowest BCUT2D eigenvalue weighted by molar-refractivity contribution is -0.129. The molecular weight excluding hydrogens is 194 g/mol. The van der Waals surface area contributed by atoms with Gasteiger partial charge in [-0.05, 0) is 0 Å². The van der Waals surface area contributed by atoms with Crippen molar-refractivity contribution in [1.82, 2.24) is 0 Å². The maximum absolute atomic E-state index is 4.59. The Kier molecular flexibility index (Phi) is 5.21. The van der Waals surface area contributed by atoms with Crippen LogP contribution in [0, 0.1) is 12.5 Å². The molecule has 0 saturated carbocycles. The van der Waals surface area contributed by atoms with Crippen molar-refractivity contribution in [1.29, 1.82) is 0 Å². The minimum atomic E-state index is 1.32.